The van der Waals surface area contributed by atoms with Crippen molar-refractivity contribution in [3.63, 3.8) is 0 Å². The molecule has 1 aliphatic rings. The Balaban J connectivity index is 2.40. The minimum Gasteiger partial charge on any atom is -0.457 e. The van der Waals surface area contributed by atoms with Crippen molar-refractivity contribution in [1.29, 1.82) is 0 Å². The number of hydrogen-bond donors (Lipinski definition) is 6. The summed E-state index contributed by atoms with van der Waals surface area (Å²) in [5.41, 5.74) is 0. The van der Waals surface area contributed by atoms with Gasteiger partial charge in [-0.05, 0) is 83.5 Å². The molecule has 0 radical (unpaired) electrons. The number of ether oxygens (including phenoxy) is 2. The van der Waals surface area contributed by atoms with Gasteiger partial charge in [-0.2, -0.15) is 0 Å². The average Bonchev–Trinajstić information content (AvgIpc) is 3.26. The summed E-state index contributed by atoms with van der Waals surface area (Å²) in [7, 11) is -5.03. The van der Waals surface area contributed by atoms with Gasteiger partial charge in [0.15, 0.2) is 0 Å². The molecule has 13 heteroatoms. The number of aliphatic hydroxyl groups excluding tert-OH is 5. The van der Waals surface area contributed by atoms with Gasteiger partial charge in [0.05, 0.1) is 13.2 Å². The standard InChI is InChI=1S/C49H83O12P/c1-3-5-7-9-11-13-15-17-19-20-21-22-23-25-27-29-31-33-35-37-39-58-40-42(41-59-62(56,57)61-49-47(54)45(52)44(51)46(53)48(49)55)60-43(50)38-36-34-32-30-28-26-24-18-16-14-12-10-8-6-4-2/h5-8,11-14,17-19,21-22,24,42,44-49,51-55H,3-4,9-10,15-16,20,23,25-41H2,1-2H3,(H,56,57)/b7-5-,8-6-,13-11-,14-12-,19-17-,22-21-,24-18-. The van der Waals surface area contributed by atoms with E-state index >= 15 is 0 Å². The van der Waals surface area contributed by atoms with Gasteiger partial charge in [0, 0.05) is 13.0 Å². The number of carbonyl (C=O) groups excluding carboxylic acids is 1. The first-order valence-corrected chi connectivity index (χ1v) is 24.9. The highest BCUT2D eigenvalue weighted by molar-refractivity contribution is 7.47. The van der Waals surface area contributed by atoms with E-state index < -0.39 is 63.1 Å². The monoisotopic (exact) mass is 895 g/mol. The van der Waals surface area contributed by atoms with Gasteiger partial charge in [-0.1, -0.05) is 150 Å². The van der Waals surface area contributed by atoms with E-state index in [1.165, 1.54) is 19.3 Å². The number of allylic oxidation sites excluding steroid dienone is 14. The predicted octanol–water partition coefficient (Wildman–Crippen LogP) is 9.75. The summed E-state index contributed by atoms with van der Waals surface area (Å²) >= 11 is 0. The Kier molecular flexibility index (Phi) is 36.1. The number of hydrogen-bond acceptors (Lipinski definition) is 11. The highest BCUT2D eigenvalue weighted by Crippen LogP contribution is 2.47. The molecular formula is C49H83O12P. The summed E-state index contributed by atoms with van der Waals surface area (Å²) < 4.78 is 34.2. The van der Waals surface area contributed by atoms with E-state index in [0.29, 0.717) is 13.0 Å². The molecule has 356 valence electrons. The zero-order chi connectivity index (χ0) is 45.5. The minimum atomic E-state index is -5.03. The molecule has 6 unspecified atom stereocenters. The number of phosphoric acid groups is 1. The number of phosphoric ester groups is 1. The maximum atomic E-state index is 12.8. The molecule has 1 rings (SSSR count). The lowest BCUT2D eigenvalue weighted by atomic mass is 9.85. The van der Waals surface area contributed by atoms with Crippen LogP contribution in [-0.4, -0.2) is 98.9 Å². The molecule has 6 N–H and O–H groups in total. The number of rotatable bonds is 38. The van der Waals surface area contributed by atoms with E-state index in [2.05, 4.69) is 98.9 Å². The smallest absolute Gasteiger partial charge is 0.457 e. The van der Waals surface area contributed by atoms with Gasteiger partial charge in [0.2, 0.25) is 0 Å². The molecule has 0 aromatic carbocycles. The molecule has 1 fully saturated rings. The number of unbranched alkanes of at least 4 members (excludes halogenated alkanes) is 12. The first-order chi connectivity index (χ1) is 30.0. The fourth-order valence-electron chi connectivity index (χ4n) is 6.59. The van der Waals surface area contributed by atoms with E-state index in [4.69, 9.17) is 18.5 Å². The van der Waals surface area contributed by atoms with Crippen LogP contribution < -0.4 is 0 Å². The quantitative estimate of drug-likeness (QED) is 0.0149. The maximum absolute atomic E-state index is 12.8. The molecule has 12 nitrogen and oxygen atoms in total. The normalized spacial score (nSPS) is 22.8. The van der Waals surface area contributed by atoms with Crippen LogP contribution in [0, 0.1) is 0 Å². The molecular weight excluding hydrogens is 812 g/mol. The first-order valence-electron chi connectivity index (χ1n) is 23.4. The van der Waals surface area contributed by atoms with Crippen molar-refractivity contribution in [2.45, 2.75) is 198 Å². The van der Waals surface area contributed by atoms with Crippen molar-refractivity contribution in [1.82, 2.24) is 0 Å². The fraction of sp³-hybridized carbons (Fsp3) is 0.694. The van der Waals surface area contributed by atoms with Crippen LogP contribution >= 0.6 is 7.82 Å². The van der Waals surface area contributed by atoms with E-state index in [1.54, 1.807) is 0 Å². The fourth-order valence-corrected chi connectivity index (χ4v) is 7.57. The Morgan fingerprint density at radius 1 is 0.516 bits per heavy atom. The van der Waals surface area contributed by atoms with Gasteiger partial charge in [-0.3, -0.25) is 13.8 Å². The van der Waals surface area contributed by atoms with Gasteiger partial charge < -0.3 is 39.9 Å². The summed E-state index contributed by atoms with van der Waals surface area (Å²) in [4.78, 5) is 23.2. The third kappa shape index (κ3) is 30.6. The van der Waals surface area contributed by atoms with Gasteiger partial charge in [0.25, 0.3) is 0 Å². The largest absolute Gasteiger partial charge is 0.472 e. The molecule has 0 aromatic heterocycles. The highest BCUT2D eigenvalue weighted by Gasteiger charge is 2.51. The molecule has 0 aliphatic heterocycles. The molecule has 1 saturated carbocycles. The Bertz CT molecular complexity index is 1340. The van der Waals surface area contributed by atoms with Crippen molar-refractivity contribution in [3.8, 4) is 0 Å². The van der Waals surface area contributed by atoms with Crippen LogP contribution in [-0.2, 0) is 27.9 Å². The van der Waals surface area contributed by atoms with E-state index in [1.807, 2.05) is 0 Å². The molecule has 6 atom stereocenters. The Morgan fingerprint density at radius 3 is 1.37 bits per heavy atom. The molecule has 0 aromatic rings. The van der Waals surface area contributed by atoms with Crippen LogP contribution in [0.4, 0.5) is 0 Å². The van der Waals surface area contributed by atoms with Crippen LogP contribution in [0.15, 0.2) is 85.1 Å². The van der Waals surface area contributed by atoms with Gasteiger partial charge in [-0.15, -0.1) is 0 Å². The van der Waals surface area contributed by atoms with Crippen molar-refractivity contribution < 1.29 is 58.3 Å². The Morgan fingerprint density at radius 2 is 0.903 bits per heavy atom. The van der Waals surface area contributed by atoms with Crippen molar-refractivity contribution in [3.05, 3.63) is 85.1 Å². The lowest BCUT2D eigenvalue weighted by Gasteiger charge is -2.41. The molecule has 0 saturated heterocycles. The number of carbonyl (C=O) groups is 1. The second-order valence-corrected chi connectivity index (χ2v) is 17.2. The molecule has 0 spiro atoms. The molecule has 0 amide bonds. The van der Waals surface area contributed by atoms with Crippen LogP contribution in [0.25, 0.3) is 0 Å². The van der Waals surface area contributed by atoms with Gasteiger partial charge in [-0.25, -0.2) is 4.57 Å². The van der Waals surface area contributed by atoms with Crippen LogP contribution in [0.3, 0.4) is 0 Å². The van der Waals surface area contributed by atoms with E-state index in [-0.39, 0.29) is 13.0 Å². The molecule has 62 heavy (non-hydrogen) atoms. The lowest BCUT2D eigenvalue weighted by molar-refractivity contribution is -0.220. The average molecular weight is 895 g/mol. The second kappa shape index (κ2) is 38.9. The van der Waals surface area contributed by atoms with Gasteiger partial charge >= 0.3 is 13.8 Å². The summed E-state index contributed by atoms with van der Waals surface area (Å²) in [6.07, 6.45) is 39.3. The van der Waals surface area contributed by atoms with Crippen molar-refractivity contribution in [2.75, 3.05) is 19.8 Å². The summed E-state index contributed by atoms with van der Waals surface area (Å²) in [5.74, 6) is -0.502. The Labute approximate surface area is 373 Å². The summed E-state index contributed by atoms with van der Waals surface area (Å²) in [5, 5.41) is 50.2. The van der Waals surface area contributed by atoms with Crippen LogP contribution in [0.1, 0.15) is 155 Å². The van der Waals surface area contributed by atoms with E-state index in [0.717, 1.165) is 109 Å². The molecule has 1 aliphatic carbocycles. The molecule has 0 bridgehead atoms. The maximum Gasteiger partial charge on any atom is 0.472 e. The van der Waals surface area contributed by atoms with Crippen molar-refractivity contribution in [2.24, 2.45) is 0 Å². The second-order valence-electron chi connectivity index (χ2n) is 15.8. The third-order valence-corrected chi connectivity index (χ3v) is 11.2. The zero-order valence-electron chi connectivity index (χ0n) is 37.9. The summed E-state index contributed by atoms with van der Waals surface area (Å²) in [6.45, 7) is 3.97. The number of esters is 1. The van der Waals surface area contributed by atoms with Gasteiger partial charge in [0.1, 0.15) is 42.7 Å². The summed E-state index contributed by atoms with van der Waals surface area (Å²) in [6, 6.07) is 0. The Hall–Kier alpha value is -2.48. The van der Waals surface area contributed by atoms with Crippen LogP contribution in [0.2, 0.25) is 0 Å². The van der Waals surface area contributed by atoms with Crippen LogP contribution in [0.5, 0.6) is 0 Å². The zero-order valence-corrected chi connectivity index (χ0v) is 38.8. The van der Waals surface area contributed by atoms with Crippen molar-refractivity contribution >= 4 is 13.8 Å². The van der Waals surface area contributed by atoms with E-state index in [9.17, 15) is 39.8 Å². The topological polar surface area (TPSA) is 192 Å². The first kappa shape index (κ1) is 57.5. The lowest BCUT2D eigenvalue weighted by Crippen LogP contribution is -2.64. The third-order valence-electron chi connectivity index (χ3n) is 10.3. The SMILES string of the molecule is CC/C=C\C/C=C\C/C=C\C/C=C\CCCCCCCCCOCC(COP(=O)(O)OC1C(O)C(O)C(O)C(O)C1O)OC(=O)CCCCCCC/C=C\C/C=C\C/C=C\CC. The molecule has 0 heterocycles. The number of aliphatic hydroxyl groups is 5. The highest BCUT2D eigenvalue weighted by atomic mass is 31.2. The predicted molar refractivity (Wildman–Crippen MR) is 248 cm³/mol. The minimum absolute atomic E-state index is 0.0967.